The number of hydrogen-bond acceptors (Lipinski definition) is 8. The fourth-order valence-electron chi connectivity index (χ4n) is 6.15. The summed E-state index contributed by atoms with van der Waals surface area (Å²) in [6, 6.07) is 6.99. The van der Waals surface area contributed by atoms with Gasteiger partial charge in [-0.15, -0.1) is 0 Å². The molecule has 3 aliphatic heterocycles. The minimum atomic E-state index is -1.88. The Morgan fingerprint density at radius 2 is 1.83 bits per heavy atom. The predicted octanol–water partition coefficient (Wildman–Crippen LogP) is 3.11. The lowest BCUT2D eigenvalue weighted by atomic mass is 9.86. The van der Waals surface area contributed by atoms with Crippen molar-refractivity contribution in [1.82, 2.24) is 19.4 Å². The van der Waals surface area contributed by atoms with Crippen molar-refractivity contribution in [2.24, 2.45) is 0 Å². The van der Waals surface area contributed by atoms with Crippen LogP contribution in [0, 0.1) is 0 Å². The molecule has 1 atom stereocenters. The minimum absolute atomic E-state index is 0.0772. The van der Waals surface area contributed by atoms with E-state index in [4.69, 9.17) is 14.5 Å². The van der Waals surface area contributed by atoms with Crippen LogP contribution in [0.4, 0.5) is 4.79 Å². The van der Waals surface area contributed by atoms with E-state index in [1.165, 1.54) is 0 Å². The van der Waals surface area contributed by atoms with E-state index in [0.717, 1.165) is 20.9 Å². The molecular weight excluding hydrogens is 655 g/mol. The van der Waals surface area contributed by atoms with E-state index in [2.05, 4.69) is 22.6 Å². The Hall–Kier alpha value is -3.52. The number of alkyl halides is 1. The highest BCUT2D eigenvalue weighted by Gasteiger charge is 2.45. The van der Waals surface area contributed by atoms with Gasteiger partial charge in [-0.1, -0.05) is 36.4 Å². The van der Waals surface area contributed by atoms with Gasteiger partial charge in [0.2, 0.25) is 5.91 Å². The molecule has 220 valence electrons. The van der Waals surface area contributed by atoms with E-state index in [-0.39, 0.29) is 35.6 Å². The normalized spacial score (nSPS) is 19.3. The first-order chi connectivity index (χ1) is 20.2. The maximum absolute atomic E-state index is 13.5. The summed E-state index contributed by atoms with van der Waals surface area (Å²) in [5.74, 6) is -0.264. The molecule has 3 aromatic rings. The number of ether oxygens (including phenoxy) is 2. The number of aryl methyl sites for hydroxylation is 1. The lowest BCUT2D eigenvalue weighted by molar-refractivity contribution is -0.172. The van der Waals surface area contributed by atoms with Gasteiger partial charge in [-0.25, -0.2) is 14.6 Å². The number of carbonyl (C=O) groups is 3. The number of aliphatic hydroxyl groups is 1. The Morgan fingerprint density at radius 3 is 2.52 bits per heavy atom. The number of benzene rings is 1. The van der Waals surface area contributed by atoms with E-state index >= 15 is 0 Å². The first-order valence-corrected chi connectivity index (χ1v) is 15.7. The smallest absolute Gasteiger partial charge is 0.415 e. The van der Waals surface area contributed by atoms with E-state index in [1.54, 1.807) is 45.6 Å². The van der Waals surface area contributed by atoms with Crippen molar-refractivity contribution in [1.29, 1.82) is 0 Å². The van der Waals surface area contributed by atoms with Crippen LogP contribution in [-0.4, -0.2) is 73.0 Å². The second-order valence-electron chi connectivity index (χ2n) is 10.7. The number of aromatic nitrogens is 2. The topological polar surface area (TPSA) is 131 Å². The second-order valence-corrected chi connectivity index (χ2v) is 11.8. The standard InChI is InChI=1S/C30H31IN4O7/c1-3-18-19-13-17(42-29(39)34-11-9-33(10-12-34)25(36)7-8-31)5-6-23(19)32-26-20(18)15-35-24(26)14-22-21(27(35)37)16-41-28(38)30(22,40)4-2/h5-6,13-14,40H,3-4,7-12,15-16H2,1-2H3/t30-/m0/s1. The Bertz CT molecular complexity index is 1700. The molecule has 3 aliphatic rings. The highest BCUT2D eigenvalue weighted by molar-refractivity contribution is 14.1. The molecule has 0 unspecified atom stereocenters. The van der Waals surface area contributed by atoms with Crippen LogP contribution < -0.4 is 10.3 Å². The zero-order valence-electron chi connectivity index (χ0n) is 23.4. The maximum Gasteiger partial charge on any atom is 0.415 e. The van der Waals surface area contributed by atoms with Gasteiger partial charge in [0.25, 0.3) is 5.56 Å². The third kappa shape index (κ3) is 4.55. The van der Waals surface area contributed by atoms with Gasteiger partial charge in [-0.3, -0.25) is 9.59 Å². The summed E-state index contributed by atoms with van der Waals surface area (Å²) in [5, 5.41) is 12.0. The zero-order chi connectivity index (χ0) is 29.8. The molecule has 0 radical (unpaired) electrons. The number of cyclic esters (lactones) is 1. The Balaban J connectivity index is 1.31. The number of esters is 1. The van der Waals surface area contributed by atoms with Gasteiger partial charge < -0.3 is 28.9 Å². The van der Waals surface area contributed by atoms with Crippen molar-refractivity contribution < 1.29 is 29.0 Å². The minimum Gasteiger partial charge on any atom is -0.458 e. The van der Waals surface area contributed by atoms with E-state index in [9.17, 15) is 24.3 Å². The van der Waals surface area contributed by atoms with Gasteiger partial charge in [0, 0.05) is 53.5 Å². The van der Waals surface area contributed by atoms with Gasteiger partial charge in [0.15, 0.2) is 5.60 Å². The number of piperazine rings is 1. The van der Waals surface area contributed by atoms with Gasteiger partial charge in [0.05, 0.1) is 29.0 Å². The molecule has 5 heterocycles. The molecule has 42 heavy (non-hydrogen) atoms. The van der Waals surface area contributed by atoms with Crippen LogP contribution in [0.2, 0.25) is 0 Å². The predicted molar refractivity (Wildman–Crippen MR) is 162 cm³/mol. The summed E-state index contributed by atoms with van der Waals surface area (Å²) in [7, 11) is 0. The summed E-state index contributed by atoms with van der Waals surface area (Å²) in [6.07, 6.45) is 0.756. The average Bonchev–Trinajstić information content (AvgIpc) is 3.36. The van der Waals surface area contributed by atoms with Gasteiger partial charge in [0.1, 0.15) is 12.4 Å². The van der Waals surface area contributed by atoms with Crippen LogP contribution in [0.1, 0.15) is 48.9 Å². The first kappa shape index (κ1) is 28.6. The molecule has 1 N–H and O–H groups in total. The number of nitrogens with zero attached hydrogens (tertiary/aromatic N) is 4. The van der Waals surface area contributed by atoms with Crippen molar-refractivity contribution in [2.75, 3.05) is 30.6 Å². The molecular formula is C30H31IN4O7. The van der Waals surface area contributed by atoms with Crippen molar-refractivity contribution in [3.8, 4) is 17.1 Å². The van der Waals surface area contributed by atoms with Crippen LogP contribution in [0.5, 0.6) is 5.75 Å². The molecule has 0 spiro atoms. The molecule has 1 aromatic carbocycles. The Kier molecular flexibility index (Phi) is 7.46. The van der Waals surface area contributed by atoms with Crippen LogP contribution in [-0.2, 0) is 39.5 Å². The third-order valence-electron chi connectivity index (χ3n) is 8.53. The molecule has 2 amide bonds. The van der Waals surface area contributed by atoms with Crippen molar-refractivity contribution in [2.45, 2.75) is 51.9 Å². The van der Waals surface area contributed by atoms with Crippen molar-refractivity contribution >= 4 is 51.5 Å². The molecule has 11 nitrogen and oxygen atoms in total. The Labute approximate surface area is 255 Å². The molecule has 0 bridgehead atoms. The maximum atomic E-state index is 13.5. The number of hydrogen-bond donors (Lipinski definition) is 1. The highest BCUT2D eigenvalue weighted by Crippen LogP contribution is 2.40. The quantitative estimate of drug-likeness (QED) is 0.193. The summed E-state index contributed by atoms with van der Waals surface area (Å²) in [6.45, 7) is 5.60. The lowest BCUT2D eigenvalue weighted by Gasteiger charge is -2.34. The van der Waals surface area contributed by atoms with Crippen LogP contribution in [0.15, 0.2) is 29.1 Å². The second kappa shape index (κ2) is 11.0. The van der Waals surface area contributed by atoms with Gasteiger partial charge in [-0.2, -0.15) is 0 Å². The third-order valence-corrected chi connectivity index (χ3v) is 9.07. The lowest BCUT2D eigenvalue weighted by Crippen LogP contribution is -2.51. The van der Waals surface area contributed by atoms with Crippen LogP contribution >= 0.6 is 22.6 Å². The van der Waals surface area contributed by atoms with Gasteiger partial charge >= 0.3 is 12.1 Å². The van der Waals surface area contributed by atoms with E-state index < -0.39 is 17.7 Å². The Morgan fingerprint density at radius 1 is 1.10 bits per heavy atom. The molecule has 1 saturated heterocycles. The summed E-state index contributed by atoms with van der Waals surface area (Å²) < 4.78 is 13.3. The summed E-state index contributed by atoms with van der Waals surface area (Å²) >= 11 is 2.18. The number of halogens is 1. The molecule has 2 aromatic heterocycles. The number of rotatable bonds is 5. The molecule has 1 fully saturated rings. The highest BCUT2D eigenvalue weighted by atomic mass is 127. The number of amides is 2. The zero-order valence-corrected chi connectivity index (χ0v) is 25.6. The molecule has 0 aliphatic carbocycles. The fourth-order valence-corrected chi connectivity index (χ4v) is 6.61. The average molecular weight is 687 g/mol. The van der Waals surface area contributed by atoms with Crippen LogP contribution in [0.25, 0.3) is 22.3 Å². The van der Waals surface area contributed by atoms with Crippen LogP contribution in [0.3, 0.4) is 0 Å². The van der Waals surface area contributed by atoms with Crippen molar-refractivity contribution in [3.63, 3.8) is 0 Å². The number of fused-ring (bicyclic) bond motifs is 5. The van der Waals surface area contributed by atoms with E-state index in [1.807, 2.05) is 6.92 Å². The number of pyridine rings is 2. The summed E-state index contributed by atoms with van der Waals surface area (Å²) in [5.41, 5.74) is 2.10. The SMILES string of the molecule is CCc1c2c(nc3ccc(OC(=O)N4CCN(C(=O)CCI)CC4)cc13)-c1cc3c(c(=O)n1C2)COC(=O)[C@]3(O)CC. The monoisotopic (exact) mass is 686 g/mol. The molecule has 0 saturated carbocycles. The van der Waals surface area contributed by atoms with Gasteiger partial charge in [-0.05, 0) is 42.7 Å². The number of carbonyl (C=O) groups excluding carboxylic acids is 3. The molecule has 12 heteroatoms. The molecule has 6 rings (SSSR count). The summed E-state index contributed by atoms with van der Waals surface area (Å²) in [4.78, 5) is 59.4. The van der Waals surface area contributed by atoms with E-state index in [0.29, 0.717) is 68.2 Å². The largest absolute Gasteiger partial charge is 0.458 e. The first-order valence-electron chi connectivity index (χ1n) is 14.1. The fraction of sp³-hybridized carbons (Fsp3) is 0.433. The van der Waals surface area contributed by atoms with Crippen molar-refractivity contribution in [3.05, 3.63) is 56.9 Å².